The van der Waals surface area contributed by atoms with Crippen LogP contribution in [-0.4, -0.2) is 7.11 Å². The van der Waals surface area contributed by atoms with Crippen LogP contribution in [-0.2, 0) is 0 Å². The van der Waals surface area contributed by atoms with Crippen molar-refractivity contribution < 1.29 is 17.9 Å². The molecule has 0 saturated heterocycles. The number of halogens is 3. The Hall–Kier alpha value is -2.75. The van der Waals surface area contributed by atoms with Crippen LogP contribution in [0.1, 0.15) is 95.5 Å². The molecule has 0 aliphatic heterocycles. The Morgan fingerprint density at radius 1 is 0.675 bits per heavy atom. The number of methoxy groups -OCH3 is 1. The summed E-state index contributed by atoms with van der Waals surface area (Å²) in [5.41, 5.74) is 3.03. The Bertz CT molecular complexity index is 1250. The van der Waals surface area contributed by atoms with E-state index in [1.165, 1.54) is 83.5 Å². The molecular formula is C36H43F3O. The maximum absolute atomic E-state index is 15.3. The van der Waals surface area contributed by atoms with Gasteiger partial charge in [-0.3, -0.25) is 0 Å². The summed E-state index contributed by atoms with van der Waals surface area (Å²) in [7, 11) is 1.30. The third-order valence-electron chi connectivity index (χ3n) is 9.78. The first-order valence-corrected chi connectivity index (χ1v) is 15.4. The van der Waals surface area contributed by atoms with Crippen molar-refractivity contribution in [2.24, 2.45) is 17.8 Å². The van der Waals surface area contributed by atoms with Crippen molar-refractivity contribution >= 4 is 0 Å². The molecule has 0 amide bonds. The number of unbranched alkanes of at least 4 members (excludes halogenated alkanes) is 2. The molecule has 0 unspecified atom stereocenters. The largest absolute Gasteiger partial charge is 0.494 e. The Morgan fingerprint density at radius 3 is 1.88 bits per heavy atom. The second-order valence-electron chi connectivity index (χ2n) is 12.1. The lowest BCUT2D eigenvalue weighted by Gasteiger charge is -2.38. The van der Waals surface area contributed by atoms with Gasteiger partial charge in [-0.25, -0.2) is 8.78 Å². The van der Waals surface area contributed by atoms with Gasteiger partial charge < -0.3 is 4.74 Å². The second-order valence-corrected chi connectivity index (χ2v) is 12.1. The van der Waals surface area contributed by atoms with Crippen molar-refractivity contribution in [3.63, 3.8) is 0 Å². The number of hydrogen-bond donors (Lipinski definition) is 0. The van der Waals surface area contributed by atoms with Gasteiger partial charge in [-0.1, -0.05) is 81.8 Å². The lowest BCUT2D eigenvalue weighted by molar-refractivity contribution is 0.155. The number of benzene rings is 3. The third kappa shape index (κ3) is 6.42. The van der Waals surface area contributed by atoms with Gasteiger partial charge in [0.05, 0.1) is 7.11 Å². The average Bonchev–Trinajstić information content (AvgIpc) is 2.99. The lowest BCUT2D eigenvalue weighted by atomic mass is 9.68. The summed E-state index contributed by atoms with van der Waals surface area (Å²) < 4.78 is 48.9. The highest BCUT2D eigenvalue weighted by Crippen LogP contribution is 2.45. The molecule has 3 aromatic carbocycles. The molecule has 2 aliphatic rings. The van der Waals surface area contributed by atoms with Crippen molar-refractivity contribution in [1.82, 2.24) is 0 Å². The molecule has 3 aromatic rings. The minimum Gasteiger partial charge on any atom is -0.494 e. The SMILES string of the molecule is CCCCCC1CCC(C2CCC(c3ccc(-c4ccc(-c5ccc(OC)c(F)c5F)cc4)c(F)c3)CC2)CC1. The fraction of sp³-hybridized carbons (Fsp3) is 0.500. The molecule has 40 heavy (non-hydrogen) atoms. The van der Waals surface area contributed by atoms with Gasteiger partial charge in [0.15, 0.2) is 11.6 Å². The van der Waals surface area contributed by atoms with E-state index in [0.29, 0.717) is 17.0 Å². The maximum Gasteiger partial charge on any atom is 0.201 e. The third-order valence-corrected chi connectivity index (χ3v) is 9.78. The topological polar surface area (TPSA) is 9.23 Å². The van der Waals surface area contributed by atoms with Crippen LogP contribution in [0.25, 0.3) is 22.3 Å². The van der Waals surface area contributed by atoms with Crippen molar-refractivity contribution in [2.75, 3.05) is 7.11 Å². The van der Waals surface area contributed by atoms with Gasteiger partial charge in [-0.15, -0.1) is 0 Å². The van der Waals surface area contributed by atoms with Crippen LogP contribution in [0.2, 0.25) is 0 Å². The van der Waals surface area contributed by atoms with Gasteiger partial charge in [0.1, 0.15) is 5.82 Å². The van der Waals surface area contributed by atoms with E-state index in [9.17, 15) is 8.78 Å². The number of rotatable bonds is 9. The minimum absolute atomic E-state index is 0.131. The van der Waals surface area contributed by atoms with Crippen LogP contribution >= 0.6 is 0 Å². The van der Waals surface area contributed by atoms with E-state index in [1.54, 1.807) is 30.3 Å². The smallest absolute Gasteiger partial charge is 0.201 e. The molecule has 5 rings (SSSR count). The van der Waals surface area contributed by atoms with Crippen molar-refractivity contribution in [3.8, 4) is 28.0 Å². The lowest BCUT2D eigenvalue weighted by Crippen LogP contribution is -2.25. The van der Waals surface area contributed by atoms with Crippen molar-refractivity contribution in [2.45, 2.75) is 89.9 Å². The van der Waals surface area contributed by atoms with E-state index in [0.717, 1.165) is 41.7 Å². The van der Waals surface area contributed by atoms with Crippen LogP contribution in [0, 0.1) is 35.2 Å². The summed E-state index contributed by atoms with van der Waals surface area (Å²) in [5, 5.41) is 0. The summed E-state index contributed by atoms with van der Waals surface area (Å²) in [6.07, 6.45) is 16.0. The summed E-state index contributed by atoms with van der Waals surface area (Å²) >= 11 is 0. The molecule has 0 atom stereocenters. The minimum atomic E-state index is -1.01. The monoisotopic (exact) mass is 548 g/mol. The fourth-order valence-corrected chi connectivity index (χ4v) is 7.32. The number of hydrogen-bond acceptors (Lipinski definition) is 1. The predicted octanol–water partition coefficient (Wildman–Crippen LogP) is 11.1. The highest BCUT2D eigenvalue weighted by Gasteiger charge is 2.31. The normalized spacial score (nSPS) is 23.2. The standard InChI is InChI=1S/C36H43F3O/c1-3-4-5-6-24-7-9-25(10-8-24)26-11-13-27(14-12-26)30-19-20-31(33(37)23-30)28-15-17-29(18-16-28)32-21-22-34(40-2)36(39)35(32)38/h15-27H,3-14H2,1-2H3. The average molecular weight is 549 g/mol. The molecule has 1 nitrogen and oxygen atoms in total. The van der Waals surface area contributed by atoms with Gasteiger partial charge in [-0.05, 0) is 97.1 Å². The first-order valence-electron chi connectivity index (χ1n) is 15.4. The van der Waals surface area contributed by atoms with Crippen LogP contribution in [0.15, 0.2) is 54.6 Å². The zero-order valence-electron chi connectivity index (χ0n) is 24.0. The molecule has 4 heteroatoms. The Kier molecular flexibility index (Phi) is 9.55. The molecule has 2 saturated carbocycles. The first-order chi connectivity index (χ1) is 19.5. The van der Waals surface area contributed by atoms with Crippen LogP contribution in [0.5, 0.6) is 5.75 Å². The van der Waals surface area contributed by atoms with Gasteiger partial charge in [0, 0.05) is 11.1 Å². The molecule has 0 bridgehead atoms. The molecule has 2 fully saturated rings. The fourth-order valence-electron chi connectivity index (χ4n) is 7.32. The zero-order chi connectivity index (χ0) is 28.1. The Balaban J connectivity index is 1.17. The molecule has 0 N–H and O–H groups in total. The van der Waals surface area contributed by atoms with Crippen LogP contribution in [0.4, 0.5) is 13.2 Å². The first kappa shape index (κ1) is 28.8. The summed E-state index contributed by atoms with van der Waals surface area (Å²) in [6, 6.07) is 15.5. The molecule has 0 spiro atoms. The highest BCUT2D eigenvalue weighted by atomic mass is 19.2. The maximum atomic E-state index is 15.3. The van der Waals surface area contributed by atoms with Gasteiger partial charge in [-0.2, -0.15) is 4.39 Å². The Labute approximate surface area is 238 Å². The molecule has 2 aliphatic carbocycles. The zero-order valence-corrected chi connectivity index (χ0v) is 24.0. The van der Waals surface area contributed by atoms with Gasteiger partial charge in [0.2, 0.25) is 5.82 Å². The molecule has 0 heterocycles. The van der Waals surface area contributed by atoms with E-state index in [1.807, 2.05) is 6.07 Å². The van der Waals surface area contributed by atoms with E-state index >= 15 is 4.39 Å². The van der Waals surface area contributed by atoms with Crippen molar-refractivity contribution in [3.05, 3.63) is 77.6 Å². The highest BCUT2D eigenvalue weighted by molar-refractivity contribution is 5.71. The summed E-state index contributed by atoms with van der Waals surface area (Å²) in [6.45, 7) is 2.29. The van der Waals surface area contributed by atoms with E-state index in [2.05, 4.69) is 13.0 Å². The van der Waals surface area contributed by atoms with Crippen molar-refractivity contribution in [1.29, 1.82) is 0 Å². The molecule has 0 radical (unpaired) electrons. The van der Waals surface area contributed by atoms with E-state index in [4.69, 9.17) is 4.74 Å². The van der Waals surface area contributed by atoms with Gasteiger partial charge in [0.25, 0.3) is 0 Å². The van der Waals surface area contributed by atoms with Crippen LogP contribution < -0.4 is 4.74 Å². The Morgan fingerprint density at radius 2 is 1.27 bits per heavy atom. The predicted molar refractivity (Wildman–Crippen MR) is 158 cm³/mol. The van der Waals surface area contributed by atoms with E-state index < -0.39 is 11.6 Å². The van der Waals surface area contributed by atoms with Crippen LogP contribution in [0.3, 0.4) is 0 Å². The summed E-state index contributed by atoms with van der Waals surface area (Å²) in [5.74, 6) is 0.818. The van der Waals surface area contributed by atoms with Gasteiger partial charge >= 0.3 is 0 Å². The quantitative estimate of drug-likeness (QED) is 0.242. The molecule has 0 aromatic heterocycles. The summed E-state index contributed by atoms with van der Waals surface area (Å²) in [4.78, 5) is 0. The molecule has 214 valence electrons. The van der Waals surface area contributed by atoms with E-state index in [-0.39, 0.29) is 17.1 Å². The molecular weight excluding hydrogens is 505 g/mol. The second kappa shape index (κ2) is 13.3. The number of ether oxygens (including phenoxy) is 1.